The van der Waals surface area contributed by atoms with Crippen LogP contribution in [0.3, 0.4) is 0 Å². The van der Waals surface area contributed by atoms with Crippen molar-refractivity contribution in [3.63, 3.8) is 0 Å². The third-order valence-electron chi connectivity index (χ3n) is 7.34. The zero-order chi connectivity index (χ0) is 25.2. The molecule has 0 aliphatic carbocycles. The molecule has 0 saturated carbocycles. The van der Waals surface area contributed by atoms with E-state index in [1.165, 1.54) is 18.2 Å². The molecule has 5 nitrogen and oxygen atoms in total. The Balaban J connectivity index is 1.55. The topological polar surface area (TPSA) is 61.4 Å². The van der Waals surface area contributed by atoms with Gasteiger partial charge in [-0.2, -0.15) is 0 Å². The van der Waals surface area contributed by atoms with Gasteiger partial charge in [0, 0.05) is 42.6 Å². The van der Waals surface area contributed by atoms with E-state index in [2.05, 4.69) is 10.6 Å². The highest BCUT2D eigenvalue weighted by Gasteiger charge is 2.47. The van der Waals surface area contributed by atoms with E-state index in [9.17, 15) is 18.4 Å². The maximum Gasteiger partial charge on any atom is 0.231 e. The first kappa shape index (κ1) is 25.3. The second kappa shape index (κ2) is 10.1. The molecular weight excluding hydrogens is 448 g/mol. The predicted octanol–water partition coefficient (Wildman–Crippen LogP) is 4.13. The summed E-state index contributed by atoms with van der Waals surface area (Å²) in [4.78, 5) is 29.0. The monoisotopic (exact) mass is 483 g/mol. The molecule has 0 bridgehead atoms. The predicted molar refractivity (Wildman–Crippen MR) is 132 cm³/mol. The van der Waals surface area contributed by atoms with Gasteiger partial charge < -0.3 is 15.5 Å². The van der Waals surface area contributed by atoms with E-state index in [-0.39, 0.29) is 29.5 Å². The fraction of sp³-hybridized carbons (Fsp3) is 0.500. The first-order valence-corrected chi connectivity index (χ1v) is 12.4. The molecule has 2 N–H and O–H groups in total. The second-order valence-electron chi connectivity index (χ2n) is 10.8. The summed E-state index contributed by atoms with van der Waals surface area (Å²) in [7, 11) is 0. The number of nitrogens with one attached hydrogen (secondary N) is 2. The molecule has 0 aromatic heterocycles. The zero-order valence-electron chi connectivity index (χ0n) is 20.7. The van der Waals surface area contributed by atoms with E-state index in [0.717, 1.165) is 12.1 Å². The highest BCUT2D eigenvalue weighted by Crippen LogP contribution is 2.39. The van der Waals surface area contributed by atoms with Crippen LogP contribution in [0.25, 0.3) is 0 Å². The van der Waals surface area contributed by atoms with Gasteiger partial charge in [-0.25, -0.2) is 8.78 Å². The van der Waals surface area contributed by atoms with E-state index >= 15 is 0 Å². The highest BCUT2D eigenvalue weighted by atomic mass is 19.1. The van der Waals surface area contributed by atoms with Crippen molar-refractivity contribution >= 4 is 11.8 Å². The number of hydrogen-bond acceptors (Lipinski definition) is 3. The normalized spacial score (nSPS) is 22.5. The molecule has 2 saturated heterocycles. The molecule has 0 spiro atoms. The van der Waals surface area contributed by atoms with Crippen molar-refractivity contribution in [3.05, 3.63) is 71.3 Å². The van der Waals surface area contributed by atoms with Crippen LogP contribution in [0.2, 0.25) is 0 Å². The Morgan fingerprint density at radius 2 is 1.69 bits per heavy atom. The average molecular weight is 484 g/mol. The van der Waals surface area contributed by atoms with Crippen molar-refractivity contribution in [2.75, 3.05) is 26.2 Å². The molecule has 2 unspecified atom stereocenters. The molecule has 188 valence electrons. The Labute approximate surface area is 206 Å². The van der Waals surface area contributed by atoms with Gasteiger partial charge in [0.25, 0.3) is 0 Å². The minimum absolute atomic E-state index is 0.0423. The lowest BCUT2D eigenvalue weighted by Gasteiger charge is -2.44. The van der Waals surface area contributed by atoms with Gasteiger partial charge in [0.05, 0.1) is 5.41 Å². The van der Waals surface area contributed by atoms with Gasteiger partial charge in [0.2, 0.25) is 11.8 Å². The Kier molecular flexibility index (Phi) is 7.27. The highest BCUT2D eigenvalue weighted by molar-refractivity contribution is 5.89. The molecule has 0 radical (unpaired) electrons. The third-order valence-corrected chi connectivity index (χ3v) is 7.34. The molecule has 2 aliphatic heterocycles. The van der Waals surface area contributed by atoms with Gasteiger partial charge in [-0.3, -0.25) is 9.59 Å². The lowest BCUT2D eigenvalue weighted by molar-refractivity contribution is -0.141. The van der Waals surface area contributed by atoms with Crippen LogP contribution in [0, 0.1) is 17.6 Å². The van der Waals surface area contributed by atoms with Crippen molar-refractivity contribution < 1.29 is 18.4 Å². The second-order valence-corrected chi connectivity index (χ2v) is 10.8. The van der Waals surface area contributed by atoms with Crippen molar-refractivity contribution in [1.82, 2.24) is 15.5 Å². The maximum atomic E-state index is 14.9. The molecule has 2 aliphatic rings. The summed E-state index contributed by atoms with van der Waals surface area (Å²) >= 11 is 0. The van der Waals surface area contributed by atoms with E-state index in [1.807, 2.05) is 25.7 Å². The first-order chi connectivity index (χ1) is 16.6. The summed E-state index contributed by atoms with van der Waals surface area (Å²) in [5, 5.41) is 6.40. The summed E-state index contributed by atoms with van der Waals surface area (Å²) in [6.07, 6.45) is 1.40. The number of benzene rings is 2. The quantitative estimate of drug-likeness (QED) is 0.688. The van der Waals surface area contributed by atoms with Crippen LogP contribution in [0.1, 0.15) is 57.1 Å². The number of amides is 2. The molecule has 4 rings (SSSR count). The van der Waals surface area contributed by atoms with Gasteiger partial charge in [0.1, 0.15) is 11.6 Å². The minimum atomic E-state index is -1.03. The van der Waals surface area contributed by atoms with Crippen LogP contribution in [0.5, 0.6) is 0 Å². The largest absolute Gasteiger partial charge is 0.351 e. The summed E-state index contributed by atoms with van der Waals surface area (Å²) in [5.74, 6) is -1.10. The summed E-state index contributed by atoms with van der Waals surface area (Å²) in [6, 6.07) is 12.8. The first-order valence-electron chi connectivity index (χ1n) is 12.4. The lowest BCUT2D eigenvalue weighted by Crippen LogP contribution is -2.57. The van der Waals surface area contributed by atoms with Gasteiger partial charge in [-0.05, 0) is 70.3 Å². The number of piperidine rings is 2. The zero-order valence-corrected chi connectivity index (χ0v) is 20.7. The summed E-state index contributed by atoms with van der Waals surface area (Å²) in [6.45, 7) is 7.88. The molecule has 2 heterocycles. The fourth-order valence-corrected chi connectivity index (χ4v) is 5.49. The SMILES string of the molecule is CC(C)(C)NC(=O)C1(c2ccccc2F)CCN(C(=O)C2CCNCC2c2ccc(F)cc2)CC1. The molecule has 2 fully saturated rings. The lowest BCUT2D eigenvalue weighted by atomic mass is 9.71. The van der Waals surface area contributed by atoms with Gasteiger partial charge in [0.15, 0.2) is 0 Å². The minimum Gasteiger partial charge on any atom is -0.351 e. The van der Waals surface area contributed by atoms with Crippen LogP contribution >= 0.6 is 0 Å². The summed E-state index contributed by atoms with van der Waals surface area (Å²) < 4.78 is 28.4. The van der Waals surface area contributed by atoms with Gasteiger partial charge >= 0.3 is 0 Å². The number of carbonyl (C=O) groups is 2. The molecule has 2 amide bonds. The molecule has 2 atom stereocenters. The summed E-state index contributed by atoms with van der Waals surface area (Å²) in [5.41, 5.74) is -0.154. The molecule has 2 aromatic carbocycles. The molecular formula is C28H35F2N3O2. The van der Waals surface area contributed by atoms with Crippen LogP contribution in [-0.2, 0) is 15.0 Å². The van der Waals surface area contributed by atoms with Crippen LogP contribution in [0.4, 0.5) is 8.78 Å². The van der Waals surface area contributed by atoms with E-state index in [1.54, 1.807) is 30.3 Å². The third kappa shape index (κ3) is 5.40. The number of rotatable bonds is 4. The Morgan fingerprint density at radius 3 is 2.31 bits per heavy atom. The van der Waals surface area contributed by atoms with Crippen LogP contribution in [0.15, 0.2) is 48.5 Å². The average Bonchev–Trinajstić information content (AvgIpc) is 2.83. The fourth-order valence-electron chi connectivity index (χ4n) is 5.49. The Morgan fingerprint density at radius 1 is 1.03 bits per heavy atom. The Hall–Kier alpha value is -2.80. The van der Waals surface area contributed by atoms with Crippen molar-refractivity contribution in [2.24, 2.45) is 5.92 Å². The van der Waals surface area contributed by atoms with Crippen molar-refractivity contribution in [2.45, 2.75) is 56.9 Å². The Bertz CT molecular complexity index is 1060. The van der Waals surface area contributed by atoms with Gasteiger partial charge in [-0.1, -0.05) is 30.3 Å². The number of carbonyl (C=O) groups excluding carboxylic acids is 2. The van der Waals surface area contributed by atoms with E-state index < -0.39 is 16.8 Å². The van der Waals surface area contributed by atoms with Crippen molar-refractivity contribution in [1.29, 1.82) is 0 Å². The van der Waals surface area contributed by atoms with Crippen molar-refractivity contribution in [3.8, 4) is 0 Å². The smallest absolute Gasteiger partial charge is 0.231 e. The maximum absolute atomic E-state index is 14.9. The molecule has 2 aromatic rings. The van der Waals surface area contributed by atoms with Crippen LogP contribution in [-0.4, -0.2) is 48.4 Å². The van der Waals surface area contributed by atoms with Crippen LogP contribution < -0.4 is 10.6 Å². The van der Waals surface area contributed by atoms with E-state index in [0.29, 0.717) is 44.5 Å². The van der Waals surface area contributed by atoms with E-state index in [4.69, 9.17) is 0 Å². The molecule has 35 heavy (non-hydrogen) atoms. The van der Waals surface area contributed by atoms with Gasteiger partial charge in [-0.15, -0.1) is 0 Å². The number of hydrogen-bond donors (Lipinski definition) is 2. The number of nitrogens with zero attached hydrogens (tertiary/aromatic N) is 1. The molecule has 7 heteroatoms. The number of halogens is 2. The number of likely N-dealkylation sites (tertiary alicyclic amines) is 1. The standard InChI is InChI=1S/C28H35F2N3O2/c1-27(2,3)32-26(35)28(23-6-4-5-7-24(23)30)13-16-33(17-14-28)25(34)21-12-15-31-18-22(21)19-8-10-20(29)11-9-19/h4-11,21-22,31H,12-18H2,1-3H3,(H,32,35).